The Hall–Kier alpha value is -4.09. The lowest BCUT2D eigenvalue weighted by Crippen LogP contribution is -2.43. The van der Waals surface area contributed by atoms with Crippen LogP contribution < -0.4 is 19.7 Å². The fraction of sp³-hybridized carbons (Fsp3) is 0.211. The summed E-state index contributed by atoms with van der Waals surface area (Å²) < 4.78 is 37.2. The van der Waals surface area contributed by atoms with Gasteiger partial charge in [0.25, 0.3) is 11.8 Å². The number of imide groups is 1. The van der Waals surface area contributed by atoms with E-state index in [0.717, 1.165) is 28.1 Å². The van der Waals surface area contributed by atoms with Crippen LogP contribution in [0.25, 0.3) is 0 Å². The highest BCUT2D eigenvalue weighted by atomic mass is 19.2. The number of nitrogens with one attached hydrogen (secondary N) is 1. The van der Waals surface area contributed by atoms with Crippen molar-refractivity contribution in [3.05, 3.63) is 48.0 Å². The third kappa shape index (κ3) is 3.12. The second kappa shape index (κ2) is 7.00. The van der Waals surface area contributed by atoms with E-state index in [1.165, 1.54) is 0 Å². The number of ether oxygens (including phenoxy) is 2. The van der Waals surface area contributed by atoms with Crippen LogP contribution in [0, 0.1) is 11.6 Å². The summed E-state index contributed by atoms with van der Waals surface area (Å²) in [7, 11) is 0. The smallest absolute Gasteiger partial charge is 0.263 e. The van der Waals surface area contributed by atoms with Gasteiger partial charge < -0.3 is 14.8 Å². The summed E-state index contributed by atoms with van der Waals surface area (Å²) in [5, 5.41) is 11.3. The maximum absolute atomic E-state index is 13.6. The van der Waals surface area contributed by atoms with Gasteiger partial charge in [-0.05, 0) is 24.3 Å². The minimum Gasteiger partial charge on any atom is -0.454 e. The lowest BCUT2D eigenvalue weighted by atomic mass is 10.1. The Morgan fingerprint density at radius 1 is 1.06 bits per heavy atom. The summed E-state index contributed by atoms with van der Waals surface area (Å²) in [5.74, 6) is -3.24. The van der Waals surface area contributed by atoms with E-state index in [2.05, 4.69) is 15.7 Å². The Balaban J connectivity index is 1.30. The first kappa shape index (κ1) is 18.9. The Labute approximate surface area is 173 Å². The van der Waals surface area contributed by atoms with Crippen molar-refractivity contribution < 1.29 is 32.6 Å². The third-order valence-corrected chi connectivity index (χ3v) is 4.98. The molecule has 0 unspecified atom stereocenters. The Morgan fingerprint density at radius 3 is 2.68 bits per heavy atom. The Kier molecular flexibility index (Phi) is 4.27. The molecule has 1 fully saturated rings. The zero-order valence-corrected chi connectivity index (χ0v) is 15.6. The summed E-state index contributed by atoms with van der Waals surface area (Å²) in [6, 6.07) is 5.21. The molecule has 10 nitrogen and oxygen atoms in total. The molecule has 3 aliphatic heterocycles. The zero-order chi connectivity index (χ0) is 21.7. The van der Waals surface area contributed by atoms with Gasteiger partial charge in [-0.3, -0.25) is 19.4 Å². The molecule has 0 radical (unpaired) electrons. The highest BCUT2D eigenvalue weighted by Gasteiger charge is 2.55. The van der Waals surface area contributed by atoms with Gasteiger partial charge in [-0.15, -0.1) is 0 Å². The first-order valence-corrected chi connectivity index (χ1v) is 9.12. The fourth-order valence-electron chi connectivity index (χ4n) is 3.55. The molecule has 12 heteroatoms. The molecule has 3 amide bonds. The van der Waals surface area contributed by atoms with Crippen LogP contribution in [-0.2, 0) is 14.4 Å². The topological polar surface area (TPSA) is 113 Å². The number of hydrogen-bond acceptors (Lipinski definition) is 8. The van der Waals surface area contributed by atoms with Gasteiger partial charge in [0.15, 0.2) is 35.2 Å². The van der Waals surface area contributed by atoms with Gasteiger partial charge >= 0.3 is 0 Å². The number of carbonyl (C=O) groups is 3. The molecule has 0 saturated carbocycles. The molecule has 0 bridgehead atoms. The SMILES string of the molecule is O=C(CN1N=N[C@@H]2C(=O)N(c3ccc(F)c(F)c3)C(=O)[C@H]21)Nc1ccc2c(c1)OCO2. The summed E-state index contributed by atoms with van der Waals surface area (Å²) in [5.41, 5.74) is 0.322. The number of nitrogens with zero attached hydrogens (tertiary/aromatic N) is 4. The monoisotopic (exact) mass is 429 g/mol. The van der Waals surface area contributed by atoms with E-state index in [0.29, 0.717) is 17.2 Å². The van der Waals surface area contributed by atoms with E-state index in [4.69, 9.17) is 9.47 Å². The standard InChI is InChI=1S/C19H13F2N5O5/c20-11-3-2-10(6-12(11)21)26-18(28)16-17(19(26)29)25(24-23-16)7-15(27)22-9-1-4-13-14(5-9)31-8-30-13/h1-6,16-17H,7-8H2,(H,22,27)/t16-,17-/m0/s1. The van der Waals surface area contributed by atoms with Crippen molar-refractivity contribution in [1.29, 1.82) is 0 Å². The lowest BCUT2D eigenvalue weighted by molar-refractivity contribution is -0.123. The maximum atomic E-state index is 13.6. The number of anilines is 2. The van der Waals surface area contributed by atoms with E-state index in [-0.39, 0.29) is 19.0 Å². The molecule has 2 atom stereocenters. The van der Waals surface area contributed by atoms with Crippen LogP contribution in [0.2, 0.25) is 0 Å². The summed E-state index contributed by atoms with van der Waals surface area (Å²) in [6.45, 7) is -0.266. The van der Waals surface area contributed by atoms with E-state index in [9.17, 15) is 23.2 Å². The van der Waals surface area contributed by atoms with Gasteiger partial charge in [-0.2, -0.15) is 5.11 Å². The molecule has 3 heterocycles. The molecule has 31 heavy (non-hydrogen) atoms. The second-order valence-electron chi connectivity index (χ2n) is 6.92. The van der Waals surface area contributed by atoms with Gasteiger partial charge in [0.05, 0.1) is 5.69 Å². The number of benzene rings is 2. The van der Waals surface area contributed by atoms with Crippen molar-refractivity contribution in [3.63, 3.8) is 0 Å². The number of carbonyl (C=O) groups excluding carboxylic acids is 3. The lowest BCUT2D eigenvalue weighted by Gasteiger charge is -2.20. The van der Waals surface area contributed by atoms with Gasteiger partial charge in [0, 0.05) is 17.8 Å². The quantitative estimate of drug-likeness (QED) is 0.740. The fourth-order valence-corrected chi connectivity index (χ4v) is 3.55. The van der Waals surface area contributed by atoms with Crippen molar-refractivity contribution >= 4 is 29.1 Å². The zero-order valence-electron chi connectivity index (χ0n) is 15.6. The van der Waals surface area contributed by atoms with Crippen LogP contribution in [0.4, 0.5) is 20.2 Å². The summed E-state index contributed by atoms with van der Waals surface area (Å²) in [6.07, 6.45) is 0. The van der Waals surface area contributed by atoms with Crippen molar-refractivity contribution in [3.8, 4) is 11.5 Å². The molecule has 1 N–H and O–H groups in total. The minimum absolute atomic E-state index is 0.0918. The first-order valence-electron chi connectivity index (χ1n) is 9.12. The molecule has 0 aromatic heterocycles. The van der Waals surface area contributed by atoms with Crippen LogP contribution >= 0.6 is 0 Å². The first-order chi connectivity index (χ1) is 14.9. The number of rotatable bonds is 4. The molecule has 158 valence electrons. The van der Waals surface area contributed by atoms with Gasteiger partial charge in [0.1, 0.15) is 6.54 Å². The molecular weight excluding hydrogens is 416 g/mol. The second-order valence-corrected chi connectivity index (χ2v) is 6.92. The van der Waals surface area contributed by atoms with Gasteiger partial charge in [-0.25, -0.2) is 13.7 Å². The number of hydrogen-bond donors (Lipinski definition) is 1. The molecule has 5 rings (SSSR count). The van der Waals surface area contributed by atoms with E-state index in [1.807, 2.05) is 0 Å². The van der Waals surface area contributed by atoms with Crippen molar-refractivity contribution in [1.82, 2.24) is 5.01 Å². The third-order valence-electron chi connectivity index (χ3n) is 4.98. The minimum atomic E-state index is -1.20. The average molecular weight is 429 g/mol. The molecule has 2 aromatic rings. The molecule has 0 aliphatic carbocycles. The van der Waals surface area contributed by atoms with E-state index in [1.54, 1.807) is 18.2 Å². The van der Waals surface area contributed by atoms with E-state index >= 15 is 0 Å². The highest BCUT2D eigenvalue weighted by molar-refractivity contribution is 6.25. The summed E-state index contributed by atoms with van der Waals surface area (Å²) in [4.78, 5) is 38.6. The normalized spacial score (nSPS) is 21.1. The van der Waals surface area contributed by atoms with Crippen LogP contribution in [0.3, 0.4) is 0 Å². The molecule has 3 aliphatic rings. The van der Waals surface area contributed by atoms with Crippen LogP contribution in [0.5, 0.6) is 11.5 Å². The molecule has 1 saturated heterocycles. The largest absolute Gasteiger partial charge is 0.454 e. The van der Waals surface area contributed by atoms with Crippen molar-refractivity contribution in [2.75, 3.05) is 23.6 Å². The van der Waals surface area contributed by atoms with Crippen LogP contribution in [0.1, 0.15) is 0 Å². The number of halogens is 2. The van der Waals surface area contributed by atoms with Gasteiger partial charge in [-0.1, -0.05) is 5.22 Å². The number of amides is 3. The van der Waals surface area contributed by atoms with Crippen LogP contribution in [-0.4, -0.2) is 48.2 Å². The molecule has 2 aromatic carbocycles. The predicted molar refractivity (Wildman–Crippen MR) is 99.2 cm³/mol. The summed E-state index contributed by atoms with van der Waals surface area (Å²) >= 11 is 0. The van der Waals surface area contributed by atoms with Crippen molar-refractivity contribution in [2.24, 2.45) is 10.3 Å². The Bertz CT molecular complexity index is 1160. The number of fused-ring (bicyclic) bond motifs is 2. The maximum Gasteiger partial charge on any atom is 0.263 e. The average Bonchev–Trinajstić information content (AvgIpc) is 3.42. The Morgan fingerprint density at radius 2 is 1.87 bits per heavy atom. The van der Waals surface area contributed by atoms with E-state index < -0.39 is 41.4 Å². The molecule has 0 spiro atoms. The van der Waals surface area contributed by atoms with Crippen molar-refractivity contribution in [2.45, 2.75) is 12.1 Å². The van der Waals surface area contributed by atoms with Crippen LogP contribution in [0.15, 0.2) is 46.7 Å². The van der Waals surface area contributed by atoms with Gasteiger partial charge in [0.2, 0.25) is 12.7 Å². The predicted octanol–water partition coefficient (Wildman–Crippen LogP) is 1.63. The highest BCUT2D eigenvalue weighted by Crippen LogP contribution is 2.35. The molecular formula is C19H13F2N5O5.